The fourth-order valence-electron chi connectivity index (χ4n) is 3.54. The van der Waals surface area contributed by atoms with Gasteiger partial charge < -0.3 is 9.84 Å². The van der Waals surface area contributed by atoms with Crippen LogP contribution in [0.1, 0.15) is 80.6 Å². The zero-order valence-corrected chi connectivity index (χ0v) is 16.2. The average Bonchev–Trinajstić information content (AvgIpc) is 2.41. The number of amides is 1. The van der Waals surface area contributed by atoms with Gasteiger partial charge in [-0.25, -0.2) is 4.79 Å². The number of carbonyl (C=O) groups is 1. The van der Waals surface area contributed by atoms with E-state index in [4.69, 9.17) is 4.74 Å². The maximum Gasteiger partial charge on any atom is 0.410 e. The highest BCUT2D eigenvalue weighted by Crippen LogP contribution is 2.39. The standard InChI is InChI=1S/C19H37NO3/c1-8-15(13-21)20(17(22)23-19(5,6)7)16-11-9-14(10-12-16)18(2,3)4/h14-16,21H,8-13H2,1-7H3. The van der Waals surface area contributed by atoms with Crippen LogP contribution < -0.4 is 0 Å². The lowest BCUT2D eigenvalue weighted by Gasteiger charge is -2.43. The topological polar surface area (TPSA) is 49.8 Å². The van der Waals surface area contributed by atoms with Crippen molar-refractivity contribution in [2.45, 2.75) is 98.3 Å². The van der Waals surface area contributed by atoms with Gasteiger partial charge in [-0.1, -0.05) is 27.7 Å². The van der Waals surface area contributed by atoms with Crippen LogP contribution in [0.3, 0.4) is 0 Å². The Kier molecular flexibility index (Phi) is 6.94. The first-order valence-corrected chi connectivity index (χ1v) is 9.11. The second-order valence-electron chi connectivity index (χ2n) is 9.00. The van der Waals surface area contributed by atoms with Crippen LogP contribution in [0.5, 0.6) is 0 Å². The molecule has 0 aliphatic heterocycles. The van der Waals surface area contributed by atoms with E-state index >= 15 is 0 Å². The molecule has 0 saturated heterocycles. The van der Waals surface area contributed by atoms with E-state index in [1.807, 2.05) is 32.6 Å². The van der Waals surface area contributed by atoms with Crippen molar-refractivity contribution in [3.8, 4) is 0 Å². The molecule has 23 heavy (non-hydrogen) atoms. The van der Waals surface area contributed by atoms with Crippen LogP contribution in [0.2, 0.25) is 0 Å². The van der Waals surface area contributed by atoms with Crippen molar-refractivity contribution < 1.29 is 14.6 Å². The summed E-state index contributed by atoms with van der Waals surface area (Å²) in [5.41, 5.74) is -0.186. The number of hydrogen-bond acceptors (Lipinski definition) is 3. The Morgan fingerprint density at radius 2 is 1.65 bits per heavy atom. The van der Waals surface area contributed by atoms with E-state index in [1.54, 1.807) is 0 Å². The molecule has 1 saturated carbocycles. The number of nitrogens with zero attached hydrogens (tertiary/aromatic N) is 1. The highest BCUT2D eigenvalue weighted by atomic mass is 16.6. The molecular formula is C19H37NO3. The number of aliphatic hydroxyl groups is 1. The van der Waals surface area contributed by atoms with Crippen LogP contribution in [-0.2, 0) is 4.74 Å². The second-order valence-corrected chi connectivity index (χ2v) is 9.00. The average molecular weight is 328 g/mol. The molecule has 1 rings (SSSR count). The number of aliphatic hydroxyl groups excluding tert-OH is 1. The van der Waals surface area contributed by atoms with E-state index < -0.39 is 5.60 Å². The monoisotopic (exact) mass is 327 g/mol. The van der Waals surface area contributed by atoms with E-state index in [-0.39, 0.29) is 24.8 Å². The van der Waals surface area contributed by atoms with Crippen molar-refractivity contribution in [1.82, 2.24) is 4.90 Å². The number of ether oxygens (including phenoxy) is 1. The van der Waals surface area contributed by atoms with Gasteiger partial charge in [0.05, 0.1) is 12.6 Å². The van der Waals surface area contributed by atoms with Gasteiger partial charge in [-0.2, -0.15) is 0 Å². The molecule has 4 nitrogen and oxygen atoms in total. The maximum atomic E-state index is 12.7. The molecule has 1 fully saturated rings. The zero-order valence-electron chi connectivity index (χ0n) is 16.2. The number of rotatable bonds is 4. The molecule has 1 atom stereocenters. The van der Waals surface area contributed by atoms with Crippen LogP contribution in [0.4, 0.5) is 4.79 Å². The summed E-state index contributed by atoms with van der Waals surface area (Å²) in [6.45, 7) is 14.6. The first-order valence-electron chi connectivity index (χ1n) is 9.11. The zero-order chi connectivity index (χ0) is 17.8. The van der Waals surface area contributed by atoms with Crippen LogP contribution in [-0.4, -0.2) is 40.4 Å². The first kappa shape index (κ1) is 20.3. The van der Waals surface area contributed by atoms with E-state index in [0.717, 1.165) is 32.1 Å². The second kappa shape index (κ2) is 7.87. The van der Waals surface area contributed by atoms with Crippen molar-refractivity contribution in [1.29, 1.82) is 0 Å². The summed E-state index contributed by atoms with van der Waals surface area (Å²) in [5, 5.41) is 9.71. The van der Waals surface area contributed by atoms with Crippen molar-refractivity contribution in [3.63, 3.8) is 0 Å². The lowest BCUT2D eigenvalue weighted by atomic mass is 9.71. The molecule has 1 unspecified atom stereocenters. The molecule has 1 aliphatic carbocycles. The summed E-state index contributed by atoms with van der Waals surface area (Å²) in [7, 11) is 0. The van der Waals surface area contributed by atoms with Gasteiger partial charge in [0.1, 0.15) is 5.60 Å². The lowest BCUT2D eigenvalue weighted by Crippen LogP contribution is -2.51. The Hall–Kier alpha value is -0.770. The Labute approximate surface area is 142 Å². The van der Waals surface area contributed by atoms with Gasteiger partial charge in [0.15, 0.2) is 0 Å². The smallest absolute Gasteiger partial charge is 0.410 e. The molecule has 0 heterocycles. The molecule has 0 aromatic heterocycles. The van der Waals surface area contributed by atoms with E-state index in [2.05, 4.69) is 20.8 Å². The van der Waals surface area contributed by atoms with Crippen molar-refractivity contribution in [2.24, 2.45) is 11.3 Å². The van der Waals surface area contributed by atoms with Crippen LogP contribution in [0.15, 0.2) is 0 Å². The van der Waals surface area contributed by atoms with Gasteiger partial charge in [0.2, 0.25) is 0 Å². The Morgan fingerprint density at radius 3 is 2.00 bits per heavy atom. The third kappa shape index (κ3) is 5.98. The molecule has 1 aliphatic rings. The Bertz CT molecular complexity index is 369. The molecule has 1 N–H and O–H groups in total. The van der Waals surface area contributed by atoms with Gasteiger partial charge in [0.25, 0.3) is 0 Å². The first-order chi connectivity index (χ1) is 10.5. The third-order valence-electron chi connectivity index (χ3n) is 4.99. The highest BCUT2D eigenvalue weighted by molar-refractivity contribution is 5.69. The van der Waals surface area contributed by atoms with E-state index in [9.17, 15) is 9.90 Å². The van der Waals surface area contributed by atoms with Crippen molar-refractivity contribution in [3.05, 3.63) is 0 Å². The van der Waals surface area contributed by atoms with Crippen LogP contribution in [0.25, 0.3) is 0 Å². The summed E-state index contributed by atoms with van der Waals surface area (Å²) >= 11 is 0. The van der Waals surface area contributed by atoms with E-state index in [1.165, 1.54) is 0 Å². The Morgan fingerprint density at radius 1 is 1.13 bits per heavy atom. The molecule has 0 aromatic carbocycles. The molecule has 1 amide bonds. The predicted octanol–water partition coefficient (Wildman–Crippen LogP) is 4.60. The summed E-state index contributed by atoms with van der Waals surface area (Å²) in [6, 6.07) is 0.0292. The normalized spacial score (nSPS) is 24.2. The number of carbonyl (C=O) groups excluding carboxylic acids is 1. The molecule has 0 aromatic rings. The van der Waals surface area contributed by atoms with Gasteiger partial charge >= 0.3 is 6.09 Å². The van der Waals surface area contributed by atoms with Crippen LogP contribution >= 0.6 is 0 Å². The summed E-state index contributed by atoms with van der Waals surface area (Å²) in [4.78, 5) is 14.5. The van der Waals surface area contributed by atoms with Crippen LogP contribution in [0, 0.1) is 11.3 Å². The molecule has 0 radical (unpaired) electrons. The SMILES string of the molecule is CCC(CO)N(C(=O)OC(C)(C)C)C1CCC(C(C)(C)C)CC1. The fourth-order valence-corrected chi connectivity index (χ4v) is 3.54. The fraction of sp³-hybridized carbons (Fsp3) is 0.947. The highest BCUT2D eigenvalue weighted by Gasteiger charge is 2.37. The van der Waals surface area contributed by atoms with E-state index in [0.29, 0.717) is 11.3 Å². The minimum Gasteiger partial charge on any atom is -0.444 e. The van der Waals surface area contributed by atoms with Gasteiger partial charge in [-0.05, 0) is 64.2 Å². The van der Waals surface area contributed by atoms with Gasteiger partial charge in [-0.15, -0.1) is 0 Å². The molecular weight excluding hydrogens is 290 g/mol. The summed E-state index contributed by atoms with van der Waals surface area (Å²) in [5.74, 6) is 0.702. The number of hydrogen-bond donors (Lipinski definition) is 1. The quantitative estimate of drug-likeness (QED) is 0.821. The molecule has 136 valence electrons. The minimum absolute atomic E-state index is 0.00502. The summed E-state index contributed by atoms with van der Waals surface area (Å²) < 4.78 is 5.61. The molecule has 0 spiro atoms. The molecule has 0 bridgehead atoms. The van der Waals surface area contributed by atoms with Gasteiger partial charge in [0, 0.05) is 6.04 Å². The Balaban J connectivity index is 2.84. The van der Waals surface area contributed by atoms with Crippen molar-refractivity contribution in [2.75, 3.05) is 6.61 Å². The van der Waals surface area contributed by atoms with Crippen molar-refractivity contribution >= 4 is 6.09 Å². The largest absolute Gasteiger partial charge is 0.444 e. The minimum atomic E-state index is -0.508. The summed E-state index contributed by atoms with van der Waals surface area (Å²) in [6.07, 6.45) is 4.73. The molecule has 4 heteroatoms. The maximum absolute atomic E-state index is 12.7. The predicted molar refractivity (Wildman–Crippen MR) is 94.4 cm³/mol. The van der Waals surface area contributed by atoms with Gasteiger partial charge in [-0.3, -0.25) is 4.90 Å². The lowest BCUT2D eigenvalue weighted by molar-refractivity contribution is -0.0141. The third-order valence-corrected chi connectivity index (χ3v) is 4.99.